The Kier molecular flexibility index (Phi) is 3.72. The van der Waals surface area contributed by atoms with Crippen LogP contribution in [0.15, 0.2) is 30.3 Å². The summed E-state index contributed by atoms with van der Waals surface area (Å²) in [7, 11) is 0. The number of nitrogens with one attached hydrogen (secondary N) is 1. The van der Waals surface area contributed by atoms with Gasteiger partial charge in [-0.3, -0.25) is 4.79 Å². The molecule has 1 aliphatic rings. The lowest BCUT2D eigenvalue weighted by atomic mass is 10.2. The first kappa shape index (κ1) is 15.4. The highest BCUT2D eigenvalue weighted by molar-refractivity contribution is 5.90. The average Bonchev–Trinajstić information content (AvgIpc) is 3.04. The van der Waals surface area contributed by atoms with Crippen LogP contribution in [0.2, 0.25) is 0 Å². The minimum Gasteiger partial charge on any atom is -0.486 e. The second kappa shape index (κ2) is 6.04. The Morgan fingerprint density at radius 2 is 2.08 bits per heavy atom. The van der Waals surface area contributed by atoms with Crippen LogP contribution >= 0.6 is 0 Å². The zero-order chi connectivity index (χ0) is 17.4. The Morgan fingerprint density at radius 3 is 2.92 bits per heavy atom. The lowest BCUT2D eigenvalue weighted by Crippen LogP contribution is -2.41. The predicted octanol–water partition coefficient (Wildman–Crippen LogP) is 1.31. The quantitative estimate of drug-likeness (QED) is 0.774. The minimum absolute atomic E-state index is 0.0818. The number of rotatable bonds is 3. The van der Waals surface area contributed by atoms with Gasteiger partial charge in [-0.15, -0.1) is 5.10 Å². The average molecular weight is 339 g/mol. The fourth-order valence-corrected chi connectivity index (χ4v) is 2.71. The van der Waals surface area contributed by atoms with Crippen LogP contribution in [0.25, 0.3) is 5.78 Å². The third-order valence-corrected chi connectivity index (χ3v) is 3.88. The van der Waals surface area contributed by atoms with Crippen molar-refractivity contribution in [2.45, 2.75) is 20.0 Å². The van der Waals surface area contributed by atoms with E-state index in [4.69, 9.17) is 9.47 Å². The molecule has 0 unspecified atom stereocenters. The van der Waals surface area contributed by atoms with Crippen molar-refractivity contribution < 1.29 is 14.3 Å². The van der Waals surface area contributed by atoms with E-state index in [1.165, 1.54) is 0 Å². The molecule has 25 heavy (non-hydrogen) atoms. The van der Waals surface area contributed by atoms with Gasteiger partial charge in [0.25, 0.3) is 11.7 Å². The summed E-state index contributed by atoms with van der Waals surface area (Å²) in [4.78, 5) is 20.8. The number of amides is 1. The third-order valence-electron chi connectivity index (χ3n) is 3.88. The summed E-state index contributed by atoms with van der Waals surface area (Å²) >= 11 is 0. The van der Waals surface area contributed by atoms with Gasteiger partial charge in [0, 0.05) is 11.4 Å². The fourth-order valence-electron chi connectivity index (χ4n) is 2.71. The largest absolute Gasteiger partial charge is 0.486 e. The van der Waals surface area contributed by atoms with Gasteiger partial charge in [0.15, 0.2) is 11.5 Å². The van der Waals surface area contributed by atoms with Crippen LogP contribution in [0.5, 0.6) is 11.5 Å². The van der Waals surface area contributed by atoms with Crippen molar-refractivity contribution in [2.24, 2.45) is 0 Å². The molecule has 1 aliphatic heterocycles. The summed E-state index contributed by atoms with van der Waals surface area (Å²) in [5.41, 5.74) is 1.70. The number of hydrogen-bond acceptors (Lipinski definition) is 6. The standard InChI is InChI=1S/C17H17N5O3/c1-10-7-11(2)22-17(19-10)20-15(21-22)16(23)18-8-12-9-24-13-5-3-4-6-14(13)25-12/h3-7,12H,8-9H2,1-2H3,(H,18,23)/t12-/m1/s1. The number of benzene rings is 1. The molecular formula is C17H17N5O3. The van der Waals surface area contributed by atoms with Gasteiger partial charge in [0.2, 0.25) is 5.82 Å². The molecule has 8 heteroatoms. The number of aryl methyl sites for hydroxylation is 2. The second-order valence-electron chi connectivity index (χ2n) is 5.89. The topological polar surface area (TPSA) is 90.6 Å². The number of para-hydroxylation sites is 2. The molecule has 3 heterocycles. The molecular weight excluding hydrogens is 322 g/mol. The molecule has 0 spiro atoms. The van der Waals surface area contributed by atoms with E-state index in [0.29, 0.717) is 30.4 Å². The summed E-state index contributed by atoms with van der Waals surface area (Å²) in [6.07, 6.45) is -0.266. The first-order valence-corrected chi connectivity index (χ1v) is 7.98. The zero-order valence-corrected chi connectivity index (χ0v) is 13.9. The number of nitrogens with zero attached hydrogens (tertiary/aromatic N) is 4. The molecule has 128 valence electrons. The molecule has 1 amide bonds. The summed E-state index contributed by atoms with van der Waals surface area (Å²) in [6, 6.07) is 9.33. The van der Waals surface area contributed by atoms with E-state index in [2.05, 4.69) is 20.4 Å². The summed E-state index contributed by atoms with van der Waals surface area (Å²) in [5, 5.41) is 7.00. The van der Waals surface area contributed by atoms with Gasteiger partial charge in [-0.25, -0.2) is 9.50 Å². The van der Waals surface area contributed by atoms with Crippen molar-refractivity contribution in [3.63, 3.8) is 0 Å². The Hall–Kier alpha value is -3.16. The first-order valence-electron chi connectivity index (χ1n) is 7.98. The maximum Gasteiger partial charge on any atom is 0.291 e. The number of ether oxygens (including phenoxy) is 2. The SMILES string of the molecule is Cc1cc(C)n2nc(C(=O)NC[C@@H]3COc4ccccc4O3)nc2n1. The number of fused-ring (bicyclic) bond motifs is 2. The van der Waals surface area contributed by atoms with Crippen molar-refractivity contribution in [3.05, 3.63) is 47.5 Å². The van der Waals surface area contributed by atoms with Crippen molar-refractivity contribution in [2.75, 3.05) is 13.2 Å². The third kappa shape index (κ3) is 2.98. The van der Waals surface area contributed by atoms with Crippen LogP contribution in [0.4, 0.5) is 0 Å². The molecule has 2 aromatic heterocycles. The molecule has 0 aliphatic carbocycles. The van der Waals surface area contributed by atoms with E-state index in [-0.39, 0.29) is 17.8 Å². The summed E-state index contributed by atoms with van der Waals surface area (Å²) in [5.74, 6) is 1.51. The lowest BCUT2D eigenvalue weighted by molar-refractivity contribution is 0.0783. The second-order valence-corrected chi connectivity index (χ2v) is 5.89. The van der Waals surface area contributed by atoms with Gasteiger partial charge in [-0.05, 0) is 32.0 Å². The van der Waals surface area contributed by atoms with Gasteiger partial charge >= 0.3 is 0 Å². The van der Waals surface area contributed by atoms with E-state index in [9.17, 15) is 4.79 Å². The molecule has 0 bridgehead atoms. The van der Waals surface area contributed by atoms with Gasteiger partial charge in [0.05, 0.1) is 6.54 Å². The first-order chi connectivity index (χ1) is 12.1. The molecule has 0 fully saturated rings. The zero-order valence-electron chi connectivity index (χ0n) is 13.9. The number of carbonyl (C=O) groups excluding carboxylic acids is 1. The molecule has 3 aromatic rings. The van der Waals surface area contributed by atoms with E-state index in [1.54, 1.807) is 4.52 Å². The number of aromatic nitrogens is 4. The normalized spacial score (nSPS) is 16.0. The molecule has 1 N–H and O–H groups in total. The molecule has 1 atom stereocenters. The Labute approximate surface area is 143 Å². The van der Waals surface area contributed by atoms with Gasteiger partial charge < -0.3 is 14.8 Å². The van der Waals surface area contributed by atoms with Gasteiger partial charge in [-0.1, -0.05) is 12.1 Å². The Balaban J connectivity index is 1.44. The van der Waals surface area contributed by atoms with E-state index in [1.807, 2.05) is 44.2 Å². The van der Waals surface area contributed by atoms with E-state index < -0.39 is 0 Å². The molecule has 1 aromatic carbocycles. The van der Waals surface area contributed by atoms with Crippen LogP contribution in [-0.2, 0) is 0 Å². The lowest BCUT2D eigenvalue weighted by Gasteiger charge is -2.26. The van der Waals surface area contributed by atoms with E-state index >= 15 is 0 Å². The minimum atomic E-state index is -0.370. The highest BCUT2D eigenvalue weighted by Gasteiger charge is 2.22. The Bertz CT molecular complexity index is 953. The maximum absolute atomic E-state index is 12.3. The van der Waals surface area contributed by atoms with Crippen molar-refractivity contribution in [1.82, 2.24) is 24.9 Å². The molecule has 4 rings (SSSR count). The number of carbonyl (C=O) groups is 1. The van der Waals surface area contributed by atoms with Crippen molar-refractivity contribution in [1.29, 1.82) is 0 Å². The maximum atomic E-state index is 12.3. The highest BCUT2D eigenvalue weighted by atomic mass is 16.6. The number of hydrogen-bond donors (Lipinski definition) is 1. The van der Waals surface area contributed by atoms with Crippen molar-refractivity contribution >= 4 is 11.7 Å². The van der Waals surface area contributed by atoms with Gasteiger partial charge in [0.1, 0.15) is 12.7 Å². The molecule has 8 nitrogen and oxygen atoms in total. The van der Waals surface area contributed by atoms with Crippen LogP contribution in [0.3, 0.4) is 0 Å². The van der Waals surface area contributed by atoms with Crippen LogP contribution in [0.1, 0.15) is 22.0 Å². The summed E-state index contributed by atoms with van der Waals surface area (Å²) < 4.78 is 13.0. The monoisotopic (exact) mass is 339 g/mol. The molecule has 0 saturated carbocycles. The van der Waals surface area contributed by atoms with Crippen LogP contribution in [-0.4, -0.2) is 44.7 Å². The Morgan fingerprint density at radius 1 is 1.28 bits per heavy atom. The molecule has 0 radical (unpaired) electrons. The summed E-state index contributed by atoms with van der Waals surface area (Å²) in [6.45, 7) is 4.44. The van der Waals surface area contributed by atoms with Gasteiger partial charge in [-0.2, -0.15) is 4.98 Å². The highest BCUT2D eigenvalue weighted by Crippen LogP contribution is 2.30. The molecule has 0 saturated heterocycles. The van der Waals surface area contributed by atoms with E-state index in [0.717, 1.165) is 11.4 Å². The predicted molar refractivity (Wildman–Crippen MR) is 88.9 cm³/mol. The van der Waals surface area contributed by atoms with Crippen LogP contribution in [0, 0.1) is 13.8 Å². The van der Waals surface area contributed by atoms with Crippen molar-refractivity contribution in [3.8, 4) is 11.5 Å². The van der Waals surface area contributed by atoms with Crippen LogP contribution < -0.4 is 14.8 Å². The fraction of sp³-hybridized carbons (Fsp3) is 0.294. The smallest absolute Gasteiger partial charge is 0.291 e.